The number of nitrogens with zero attached hydrogens (tertiary/aromatic N) is 4. The van der Waals surface area contributed by atoms with Gasteiger partial charge in [-0.15, -0.1) is 0 Å². The molecule has 1 aromatic carbocycles. The third-order valence-electron chi connectivity index (χ3n) is 4.15. The number of aryl methyl sites for hydroxylation is 1. The maximum absolute atomic E-state index is 12.6. The molecular formula is C18H23N5O. The van der Waals surface area contributed by atoms with Gasteiger partial charge in [0.2, 0.25) is 0 Å². The van der Waals surface area contributed by atoms with E-state index in [-0.39, 0.29) is 11.8 Å². The van der Waals surface area contributed by atoms with Crippen molar-refractivity contribution in [3.05, 3.63) is 47.8 Å². The Morgan fingerprint density at radius 1 is 1.33 bits per heavy atom. The number of aromatic nitrogens is 4. The Labute approximate surface area is 141 Å². The van der Waals surface area contributed by atoms with Crippen molar-refractivity contribution in [2.45, 2.75) is 39.8 Å². The highest BCUT2D eigenvalue weighted by atomic mass is 16.2. The van der Waals surface area contributed by atoms with E-state index in [0.29, 0.717) is 12.2 Å². The van der Waals surface area contributed by atoms with Gasteiger partial charge in [-0.25, -0.2) is 9.97 Å². The minimum atomic E-state index is -0.0795. The zero-order valence-corrected chi connectivity index (χ0v) is 14.6. The molecule has 6 heteroatoms. The topological polar surface area (TPSA) is 66.8 Å². The highest BCUT2D eigenvalue weighted by Gasteiger charge is 2.18. The molecule has 0 fully saturated rings. The number of carbonyl (C=O) groups excluding carboxylic acids is 1. The normalized spacial score (nSPS) is 11.4. The molecule has 0 bridgehead atoms. The maximum atomic E-state index is 12.6. The lowest BCUT2D eigenvalue weighted by atomic mass is 10.2. The smallest absolute Gasteiger partial charge is 0.272 e. The van der Waals surface area contributed by atoms with E-state index in [0.717, 1.165) is 29.2 Å². The number of amides is 1. The van der Waals surface area contributed by atoms with Gasteiger partial charge in [-0.3, -0.25) is 4.79 Å². The fourth-order valence-electron chi connectivity index (χ4n) is 2.83. The standard InChI is InChI=1S/C18H23N5O/c1-5-23-15-9-7-6-8-13(15)20-16(23)11-22(4)18(24)14-10-19-17(21-14)12(2)3/h6-10,12H,5,11H2,1-4H3,(H,19,21). The molecule has 3 aromatic rings. The number of hydrogen-bond donors (Lipinski definition) is 1. The molecule has 0 saturated heterocycles. The summed E-state index contributed by atoms with van der Waals surface area (Å²) in [6.07, 6.45) is 1.61. The van der Waals surface area contributed by atoms with Gasteiger partial charge in [0.05, 0.1) is 23.8 Å². The number of benzene rings is 1. The summed E-state index contributed by atoms with van der Waals surface area (Å²) in [5, 5.41) is 0. The molecule has 0 aliphatic heterocycles. The van der Waals surface area contributed by atoms with E-state index in [4.69, 9.17) is 0 Å². The van der Waals surface area contributed by atoms with Crippen LogP contribution in [0.1, 0.15) is 48.8 Å². The van der Waals surface area contributed by atoms with Crippen molar-refractivity contribution in [2.75, 3.05) is 7.05 Å². The summed E-state index contributed by atoms with van der Waals surface area (Å²) in [4.78, 5) is 26.3. The van der Waals surface area contributed by atoms with Gasteiger partial charge in [-0.05, 0) is 19.1 Å². The molecule has 24 heavy (non-hydrogen) atoms. The van der Waals surface area contributed by atoms with Gasteiger partial charge in [-0.2, -0.15) is 0 Å². The quantitative estimate of drug-likeness (QED) is 0.783. The summed E-state index contributed by atoms with van der Waals surface area (Å²) in [6.45, 7) is 7.45. The summed E-state index contributed by atoms with van der Waals surface area (Å²) in [5.74, 6) is 1.90. The van der Waals surface area contributed by atoms with Gasteiger partial charge < -0.3 is 14.5 Å². The zero-order chi connectivity index (χ0) is 17.3. The molecule has 1 amide bonds. The molecule has 1 N–H and O–H groups in total. The van der Waals surface area contributed by atoms with Gasteiger partial charge in [0.25, 0.3) is 5.91 Å². The summed E-state index contributed by atoms with van der Waals surface area (Å²) < 4.78 is 2.14. The second-order valence-electron chi connectivity index (χ2n) is 6.26. The molecule has 126 valence electrons. The number of imidazole rings is 2. The van der Waals surface area contributed by atoms with Crippen molar-refractivity contribution in [2.24, 2.45) is 0 Å². The van der Waals surface area contributed by atoms with Crippen LogP contribution in [-0.4, -0.2) is 37.4 Å². The molecule has 0 aliphatic rings. The number of rotatable bonds is 5. The summed E-state index contributed by atoms with van der Waals surface area (Å²) in [6, 6.07) is 8.04. The van der Waals surface area contributed by atoms with E-state index in [1.54, 1.807) is 18.1 Å². The highest BCUT2D eigenvalue weighted by Crippen LogP contribution is 2.18. The average Bonchev–Trinajstić information content (AvgIpc) is 3.18. The number of H-pyrrole nitrogens is 1. The van der Waals surface area contributed by atoms with Crippen molar-refractivity contribution in [3.8, 4) is 0 Å². The molecule has 6 nitrogen and oxygen atoms in total. The molecule has 3 rings (SSSR count). The van der Waals surface area contributed by atoms with Gasteiger partial charge in [0, 0.05) is 19.5 Å². The first-order valence-corrected chi connectivity index (χ1v) is 8.25. The molecular weight excluding hydrogens is 302 g/mol. The van der Waals surface area contributed by atoms with Crippen molar-refractivity contribution in [3.63, 3.8) is 0 Å². The Morgan fingerprint density at radius 3 is 2.75 bits per heavy atom. The summed E-state index contributed by atoms with van der Waals surface area (Å²) >= 11 is 0. The number of hydrogen-bond acceptors (Lipinski definition) is 3. The van der Waals surface area contributed by atoms with Crippen LogP contribution < -0.4 is 0 Å². The average molecular weight is 325 g/mol. The van der Waals surface area contributed by atoms with E-state index < -0.39 is 0 Å². The first kappa shape index (κ1) is 16.2. The van der Waals surface area contributed by atoms with E-state index in [2.05, 4.69) is 32.5 Å². The lowest BCUT2D eigenvalue weighted by molar-refractivity contribution is 0.0775. The Morgan fingerprint density at radius 2 is 2.08 bits per heavy atom. The van der Waals surface area contributed by atoms with Crippen LogP contribution in [0.5, 0.6) is 0 Å². The van der Waals surface area contributed by atoms with Crippen LogP contribution in [-0.2, 0) is 13.1 Å². The Hall–Kier alpha value is -2.63. The number of para-hydroxylation sites is 2. The molecule has 0 atom stereocenters. The Balaban J connectivity index is 1.83. The monoisotopic (exact) mass is 325 g/mol. The second kappa shape index (κ2) is 6.47. The largest absolute Gasteiger partial charge is 0.338 e. The van der Waals surface area contributed by atoms with Crippen LogP contribution in [0.15, 0.2) is 30.5 Å². The number of aromatic amines is 1. The van der Waals surface area contributed by atoms with E-state index in [1.165, 1.54) is 0 Å². The fourth-order valence-corrected chi connectivity index (χ4v) is 2.83. The Kier molecular flexibility index (Phi) is 4.38. The van der Waals surface area contributed by atoms with Gasteiger partial charge >= 0.3 is 0 Å². The highest BCUT2D eigenvalue weighted by molar-refractivity contribution is 5.92. The SMILES string of the molecule is CCn1c(CN(C)C(=O)c2cnc(C(C)C)[nH]2)nc2ccccc21. The van der Waals surface area contributed by atoms with Crippen LogP contribution in [0, 0.1) is 0 Å². The summed E-state index contributed by atoms with van der Waals surface area (Å²) in [7, 11) is 1.79. The van der Waals surface area contributed by atoms with Crippen LogP contribution in [0.4, 0.5) is 0 Å². The van der Waals surface area contributed by atoms with Crippen LogP contribution >= 0.6 is 0 Å². The van der Waals surface area contributed by atoms with E-state index in [9.17, 15) is 4.79 Å². The zero-order valence-electron chi connectivity index (χ0n) is 14.6. The number of carbonyl (C=O) groups is 1. The predicted octanol–water partition coefficient (Wildman–Crippen LogP) is 3.17. The van der Waals surface area contributed by atoms with Crippen LogP contribution in [0.3, 0.4) is 0 Å². The maximum Gasteiger partial charge on any atom is 0.272 e. The van der Waals surface area contributed by atoms with E-state index >= 15 is 0 Å². The lowest BCUT2D eigenvalue weighted by Gasteiger charge is -2.16. The number of fused-ring (bicyclic) bond motifs is 1. The molecule has 0 saturated carbocycles. The van der Waals surface area contributed by atoms with Crippen LogP contribution in [0.25, 0.3) is 11.0 Å². The van der Waals surface area contributed by atoms with Gasteiger partial charge in [0.1, 0.15) is 17.3 Å². The third kappa shape index (κ3) is 2.91. The third-order valence-corrected chi connectivity index (χ3v) is 4.15. The minimum Gasteiger partial charge on any atom is -0.338 e. The molecule has 0 unspecified atom stereocenters. The van der Waals surface area contributed by atoms with E-state index in [1.807, 2.05) is 32.0 Å². The Bertz CT molecular complexity index is 861. The van der Waals surface area contributed by atoms with Gasteiger partial charge in [0.15, 0.2) is 0 Å². The number of nitrogens with one attached hydrogen (secondary N) is 1. The molecule has 0 spiro atoms. The first-order valence-electron chi connectivity index (χ1n) is 8.25. The fraction of sp³-hybridized carbons (Fsp3) is 0.389. The van der Waals surface area contributed by atoms with Crippen molar-refractivity contribution in [1.82, 2.24) is 24.4 Å². The molecule has 0 radical (unpaired) electrons. The predicted molar refractivity (Wildman–Crippen MR) is 93.9 cm³/mol. The van der Waals surface area contributed by atoms with Gasteiger partial charge in [-0.1, -0.05) is 26.0 Å². The van der Waals surface area contributed by atoms with Crippen molar-refractivity contribution in [1.29, 1.82) is 0 Å². The van der Waals surface area contributed by atoms with Crippen molar-refractivity contribution < 1.29 is 4.79 Å². The second-order valence-corrected chi connectivity index (χ2v) is 6.26. The van der Waals surface area contributed by atoms with Crippen molar-refractivity contribution >= 4 is 16.9 Å². The lowest BCUT2D eigenvalue weighted by Crippen LogP contribution is -2.28. The minimum absolute atomic E-state index is 0.0795. The van der Waals surface area contributed by atoms with Crippen LogP contribution in [0.2, 0.25) is 0 Å². The first-order chi connectivity index (χ1) is 11.5. The molecule has 2 aromatic heterocycles. The molecule has 0 aliphatic carbocycles. The molecule has 2 heterocycles. The summed E-state index contributed by atoms with van der Waals surface area (Å²) in [5.41, 5.74) is 2.57.